The average Bonchev–Trinajstić information content (AvgIpc) is 2.49. The second-order valence-corrected chi connectivity index (χ2v) is 5.28. The minimum atomic E-state index is -0.424. The monoisotopic (exact) mass is 307 g/mol. The molecule has 0 radical (unpaired) electrons. The summed E-state index contributed by atoms with van der Waals surface area (Å²) in [7, 11) is 0. The van der Waals surface area contributed by atoms with Crippen molar-refractivity contribution < 1.29 is 4.39 Å². The molecule has 0 aliphatic rings. The highest BCUT2D eigenvalue weighted by molar-refractivity contribution is 6.31. The molecule has 1 aromatic carbocycles. The molecule has 0 amide bonds. The summed E-state index contributed by atoms with van der Waals surface area (Å²) in [5.74, 6) is 1.17. The van der Waals surface area contributed by atoms with Crippen LogP contribution in [-0.4, -0.2) is 16.5 Å². The maximum absolute atomic E-state index is 13.3. The minimum Gasteiger partial charge on any atom is -0.370 e. The molecule has 0 fully saturated rings. The predicted molar refractivity (Wildman–Crippen MR) is 85.3 cm³/mol. The van der Waals surface area contributed by atoms with Gasteiger partial charge in [0.25, 0.3) is 0 Å². The smallest absolute Gasteiger partial charge is 0.141 e. The van der Waals surface area contributed by atoms with E-state index in [9.17, 15) is 4.39 Å². The Bertz CT molecular complexity index is 644. The third kappa shape index (κ3) is 3.50. The fourth-order valence-corrected chi connectivity index (χ4v) is 2.24. The molecule has 0 aliphatic carbocycles. The summed E-state index contributed by atoms with van der Waals surface area (Å²) >= 11 is 5.88. The molecule has 0 saturated carbocycles. The van der Waals surface area contributed by atoms with Crippen molar-refractivity contribution in [1.82, 2.24) is 9.97 Å². The topological polar surface area (TPSA) is 37.8 Å². The van der Waals surface area contributed by atoms with E-state index in [0.717, 1.165) is 47.8 Å². The molecule has 112 valence electrons. The molecule has 0 aliphatic heterocycles. The molecule has 21 heavy (non-hydrogen) atoms. The van der Waals surface area contributed by atoms with Crippen LogP contribution >= 0.6 is 11.6 Å². The number of aryl methyl sites for hydroxylation is 1. The maximum Gasteiger partial charge on any atom is 0.141 e. The number of anilines is 1. The lowest BCUT2D eigenvalue weighted by molar-refractivity contribution is 0.628. The first-order valence-corrected chi connectivity index (χ1v) is 7.51. The predicted octanol–water partition coefficient (Wildman–Crippen LogP) is 4.63. The van der Waals surface area contributed by atoms with E-state index in [-0.39, 0.29) is 5.02 Å². The second-order valence-electron chi connectivity index (χ2n) is 4.87. The molecule has 2 aromatic rings. The largest absolute Gasteiger partial charge is 0.370 e. The van der Waals surface area contributed by atoms with Gasteiger partial charge in [0, 0.05) is 24.1 Å². The first-order chi connectivity index (χ1) is 10.1. The lowest BCUT2D eigenvalue weighted by Gasteiger charge is -2.13. The normalized spacial score (nSPS) is 10.7. The number of rotatable bonds is 5. The van der Waals surface area contributed by atoms with Crippen LogP contribution in [0.15, 0.2) is 18.2 Å². The summed E-state index contributed by atoms with van der Waals surface area (Å²) in [6, 6.07) is 4.67. The Morgan fingerprint density at radius 2 is 2.00 bits per heavy atom. The van der Waals surface area contributed by atoms with Crippen molar-refractivity contribution in [2.24, 2.45) is 0 Å². The molecule has 1 heterocycles. The van der Waals surface area contributed by atoms with Crippen molar-refractivity contribution in [3.63, 3.8) is 0 Å². The summed E-state index contributed by atoms with van der Waals surface area (Å²) in [5.41, 5.74) is 2.54. The lowest BCUT2D eigenvalue weighted by Crippen LogP contribution is -2.08. The zero-order valence-corrected chi connectivity index (χ0v) is 13.3. The van der Waals surface area contributed by atoms with Gasteiger partial charge in [0.1, 0.15) is 17.5 Å². The Morgan fingerprint density at radius 1 is 1.24 bits per heavy atom. The van der Waals surface area contributed by atoms with Crippen LogP contribution in [-0.2, 0) is 6.42 Å². The third-order valence-corrected chi connectivity index (χ3v) is 3.53. The summed E-state index contributed by atoms with van der Waals surface area (Å²) in [6.07, 6.45) is 1.76. The first kappa shape index (κ1) is 15.7. The van der Waals surface area contributed by atoms with E-state index < -0.39 is 5.82 Å². The van der Waals surface area contributed by atoms with Gasteiger partial charge >= 0.3 is 0 Å². The molecular weight excluding hydrogens is 289 g/mol. The molecule has 0 atom stereocenters. The number of nitrogens with zero attached hydrogens (tertiary/aromatic N) is 2. The summed E-state index contributed by atoms with van der Waals surface area (Å²) in [6.45, 7) is 6.93. The summed E-state index contributed by atoms with van der Waals surface area (Å²) in [4.78, 5) is 9.09. The number of nitrogens with one attached hydrogen (secondary N) is 1. The van der Waals surface area contributed by atoms with Crippen molar-refractivity contribution in [2.75, 3.05) is 11.9 Å². The molecular formula is C16H19ClFN3. The standard InChI is InChI=1S/C16H19ClFN3/c1-4-8-19-16-10(3)15(20-14(5-2)21-16)11-6-7-13(18)12(17)9-11/h6-7,9H,4-5,8H2,1-3H3,(H,19,20,21). The van der Waals surface area contributed by atoms with Crippen molar-refractivity contribution in [3.05, 3.63) is 40.4 Å². The van der Waals surface area contributed by atoms with Crippen LogP contribution in [0.25, 0.3) is 11.3 Å². The maximum atomic E-state index is 13.3. The van der Waals surface area contributed by atoms with E-state index >= 15 is 0 Å². The number of halogens is 2. The molecule has 3 nitrogen and oxygen atoms in total. The molecule has 1 N–H and O–H groups in total. The number of hydrogen-bond acceptors (Lipinski definition) is 3. The van der Waals surface area contributed by atoms with E-state index in [1.807, 2.05) is 13.8 Å². The average molecular weight is 308 g/mol. The van der Waals surface area contributed by atoms with Crippen molar-refractivity contribution in [3.8, 4) is 11.3 Å². The van der Waals surface area contributed by atoms with Gasteiger partial charge < -0.3 is 5.32 Å². The van der Waals surface area contributed by atoms with Gasteiger partial charge in [-0.2, -0.15) is 0 Å². The van der Waals surface area contributed by atoms with E-state index in [2.05, 4.69) is 22.2 Å². The molecule has 0 spiro atoms. The zero-order valence-electron chi connectivity index (χ0n) is 12.5. The Morgan fingerprint density at radius 3 is 2.62 bits per heavy atom. The minimum absolute atomic E-state index is 0.103. The second kappa shape index (κ2) is 6.85. The first-order valence-electron chi connectivity index (χ1n) is 7.13. The van der Waals surface area contributed by atoms with Gasteiger partial charge in [-0.1, -0.05) is 25.4 Å². The molecule has 0 bridgehead atoms. The molecule has 0 unspecified atom stereocenters. The highest BCUT2D eigenvalue weighted by Gasteiger charge is 2.13. The van der Waals surface area contributed by atoms with Crippen LogP contribution in [0.5, 0.6) is 0 Å². The van der Waals surface area contributed by atoms with E-state index in [4.69, 9.17) is 11.6 Å². The number of hydrogen-bond donors (Lipinski definition) is 1. The fourth-order valence-electron chi connectivity index (χ4n) is 2.06. The SMILES string of the molecule is CCCNc1nc(CC)nc(-c2ccc(F)c(Cl)c2)c1C. The van der Waals surface area contributed by atoms with Crippen molar-refractivity contribution in [1.29, 1.82) is 0 Å². The van der Waals surface area contributed by atoms with Gasteiger partial charge in [0.2, 0.25) is 0 Å². The third-order valence-electron chi connectivity index (χ3n) is 3.24. The van der Waals surface area contributed by atoms with E-state index in [1.54, 1.807) is 12.1 Å². The number of aromatic nitrogens is 2. The Kier molecular flexibility index (Phi) is 5.12. The fraction of sp³-hybridized carbons (Fsp3) is 0.375. The number of benzene rings is 1. The van der Waals surface area contributed by atoms with Crippen molar-refractivity contribution >= 4 is 17.4 Å². The zero-order chi connectivity index (χ0) is 15.4. The molecule has 2 rings (SSSR count). The Hall–Kier alpha value is -1.68. The van der Waals surface area contributed by atoms with Crippen LogP contribution in [0.2, 0.25) is 5.02 Å². The lowest BCUT2D eigenvalue weighted by atomic mass is 10.1. The Labute approximate surface area is 129 Å². The van der Waals surface area contributed by atoms with Crippen LogP contribution in [0.4, 0.5) is 10.2 Å². The summed E-state index contributed by atoms with van der Waals surface area (Å²) in [5, 5.41) is 3.42. The van der Waals surface area contributed by atoms with Crippen LogP contribution in [0.3, 0.4) is 0 Å². The van der Waals surface area contributed by atoms with Gasteiger partial charge in [0.15, 0.2) is 0 Å². The molecule has 1 aromatic heterocycles. The van der Waals surface area contributed by atoms with Gasteiger partial charge in [-0.3, -0.25) is 0 Å². The highest BCUT2D eigenvalue weighted by atomic mass is 35.5. The van der Waals surface area contributed by atoms with E-state index in [1.165, 1.54) is 6.07 Å². The van der Waals surface area contributed by atoms with Crippen molar-refractivity contribution in [2.45, 2.75) is 33.6 Å². The highest BCUT2D eigenvalue weighted by Crippen LogP contribution is 2.29. The Balaban J connectivity index is 2.52. The van der Waals surface area contributed by atoms with Gasteiger partial charge in [-0.15, -0.1) is 0 Å². The molecule has 0 saturated heterocycles. The van der Waals surface area contributed by atoms with Gasteiger partial charge in [0.05, 0.1) is 10.7 Å². The van der Waals surface area contributed by atoms with Crippen LogP contribution in [0.1, 0.15) is 31.7 Å². The van der Waals surface area contributed by atoms with Crippen LogP contribution in [0, 0.1) is 12.7 Å². The van der Waals surface area contributed by atoms with Gasteiger partial charge in [-0.05, 0) is 31.5 Å². The summed E-state index contributed by atoms with van der Waals surface area (Å²) < 4.78 is 13.3. The molecule has 5 heteroatoms. The quantitative estimate of drug-likeness (QED) is 0.875. The van der Waals surface area contributed by atoms with E-state index in [0.29, 0.717) is 0 Å². The van der Waals surface area contributed by atoms with Crippen LogP contribution < -0.4 is 5.32 Å². The van der Waals surface area contributed by atoms with Gasteiger partial charge in [-0.25, -0.2) is 14.4 Å².